The van der Waals surface area contributed by atoms with Gasteiger partial charge in [0.1, 0.15) is 0 Å². The van der Waals surface area contributed by atoms with E-state index < -0.39 is 0 Å². The molecule has 96 valence electrons. The summed E-state index contributed by atoms with van der Waals surface area (Å²) in [7, 11) is 1.52. The maximum absolute atomic E-state index is 8.99. The van der Waals surface area contributed by atoms with Crippen LogP contribution < -0.4 is 4.74 Å². The Morgan fingerprint density at radius 3 is 1.74 bits per heavy atom. The second kappa shape index (κ2) is 6.45. The summed E-state index contributed by atoms with van der Waals surface area (Å²) in [6, 6.07) is 23.6. The fourth-order valence-corrected chi connectivity index (χ4v) is 1.76. The van der Waals surface area contributed by atoms with Gasteiger partial charge in [-0.05, 0) is 23.3 Å². The van der Waals surface area contributed by atoms with E-state index in [1.807, 2.05) is 6.07 Å². The Kier molecular flexibility index (Phi) is 4.40. The van der Waals surface area contributed by atoms with Gasteiger partial charge >= 0.3 is 0 Å². The minimum absolute atomic E-state index is 0.181. The van der Waals surface area contributed by atoms with Gasteiger partial charge in [0.2, 0.25) is 0 Å². The lowest BCUT2D eigenvalue weighted by Gasteiger charge is -1.99. The van der Waals surface area contributed by atoms with Crippen LogP contribution in [0.1, 0.15) is 0 Å². The fraction of sp³-hybridized carbons (Fsp3) is 0.0588. The first kappa shape index (κ1) is 13.0. The number of ether oxygens (including phenoxy) is 1. The molecule has 0 atom stereocenters. The molecule has 1 aromatic carbocycles. The van der Waals surface area contributed by atoms with Gasteiger partial charge in [-0.2, -0.15) is 0 Å². The van der Waals surface area contributed by atoms with Crippen LogP contribution in [-0.2, 0) is 0 Å². The Hall–Kier alpha value is -2.48. The Balaban J connectivity index is 0.000000141. The lowest BCUT2D eigenvalue weighted by molar-refractivity contribution is 0.373. The zero-order valence-corrected chi connectivity index (χ0v) is 10.8. The van der Waals surface area contributed by atoms with E-state index in [-0.39, 0.29) is 5.75 Å². The van der Waals surface area contributed by atoms with E-state index in [0.29, 0.717) is 5.75 Å². The number of para-hydroxylation sites is 2. The summed E-state index contributed by atoms with van der Waals surface area (Å²) in [4.78, 5) is 0. The molecular weight excluding hydrogens is 236 g/mol. The summed E-state index contributed by atoms with van der Waals surface area (Å²) in [5.74, 6) is 0.692. The van der Waals surface area contributed by atoms with Gasteiger partial charge in [-0.15, -0.1) is 0 Å². The molecule has 1 N–H and O–H groups in total. The molecule has 0 aromatic heterocycles. The van der Waals surface area contributed by atoms with Crippen molar-refractivity contribution in [1.29, 1.82) is 0 Å². The lowest BCUT2D eigenvalue weighted by atomic mass is 10.2. The van der Waals surface area contributed by atoms with Gasteiger partial charge in [0, 0.05) is 0 Å². The number of aromatic hydroxyl groups is 1. The van der Waals surface area contributed by atoms with Crippen LogP contribution >= 0.6 is 0 Å². The average molecular weight is 252 g/mol. The molecule has 0 radical (unpaired) electrons. The van der Waals surface area contributed by atoms with E-state index in [2.05, 4.69) is 42.5 Å². The van der Waals surface area contributed by atoms with E-state index >= 15 is 0 Å². The monoisotopic (exact) mass is 252 g/mol. The van der Waals surface area contributed by atoms with Crippen LogP contribution in [0.4, 0.5) is 0 Å². The first-order chi connectivity index (χ1) is 9.31. The molecule has 1 aromatic rings. The predicted octanol–water partition coefficient (Wildman–Crippen LogP) is 4.19. The van der Waals surface area contributed by atoms with Crippen molar-refractivity contribution >= 4 is 0 Å². The van der Waals surface area contributed by atoms with E-state index in [9.17, 15) is 0 Å². The van der Waals surface area contributed by atoms with Gasteiger partial charge in [0.15, 0.2) is 11.5 Å². The number of rotatable bonds is 1. The van der Waals surface area contributed by atoms with Crippen LogP contribution in [0.2, 0.25) is 0 Å². The smallest absolute Gasteiger partial charge is 0.160 e. The summed E-state index contributed by atoms with van der Waals surface area (Å²) < 4.78 is 4.79. The van der Waals surface area contributed by atoms with Crippen LogP contribution in [0, 0.1) is 0 Å². The molecule has 2 aliphatic carbocycles. The first-order valence-electron chi connectivity index (χ1n) is 6.07. The van der Waals surface area contributed by atoms with Crippen molar-refractivity contribution in [1.82, 2.24) is 0 Å². The fourth-order valence-electron chi connectivity index (χ4n) is 1.76. The topological polar surface area (TPSA) is 29.5 Å². The molecule has 0 unspecified atom stereocenters. The molecule has 0 spiro atoms. The highest BCUT2D eigenvalue weighted by atomic mass is 16.5. The summed E-state index contributed by atoms with van der Waals surface area (Å²) in [6.45, 7) is 0. The van der Waals surface area contributed by atoms with Gasteiger partial charge in [-0.25, -0.2) is 0 Å². The highest BCUT2D eigenvalue weighted by Crippen LogP contribution is 2.23. The van der Waals surface area contributed by atoms with Crippen molar-refractivity contribution < 1.29 is 9.84 Å². The Bertz CT molecular complexity index is 577. The zero-order chi connectivity index (χ0) is 13.5. The van der Waals surface area contributed by atoms with Gasteiger partial charge in [-0.3, -0.25) is 0 Å². The van der Waals surface area contributed by atoms with E-state index in [1.54, 1.807) is 24.3 Å². The van der Waals surface area contributed by atoms with E-state index in [4.69, 9.17) is 9.84 Å². The van der Waals surface area contributed by atoms with Gasteiger partial charge in [0.25, 0.3) is 0 Å². The van der Waals surface area contributed by atoms with Gasteiger partial charge < -0.3 is 9.84 Å². The number of benzene rings is 1. The Morgan fingerprint density at radius 2 is 1.21 bits per heavy atom. The van der Waals surface area contributed by atoms with Gasteiger partial charge in [0.05, 0.1) is 7.11 Å². The van der Waals surface area contributed by atoms with E-state index in [1.165, 1.54) is 18.2 Å². The van der Waals surface area contributed by atoms with Crippen molar-refractivity contribution in [2.24, 2.45) is 0 Å². The Morgan fingerprint density at radius 1 is 0.684 bits per heavy atom. The third-order valence-corrected chi connectivity index (χ3v) is 2.74. The van der Waals surface area contributed by atoms with Crippen molar-refractivity contribution in [3.63, 3.8) is 0 Å². The van der Waals surface area contributed by atoms with Gasteiger partial charge in [-0.1, -0.05) is 60.7 Å². The summed E-state index contributed by atoms with van der Waals surface area (Å²) in [5.41, 5.74) is 2.62. The summed E-state index contributed by atoms with van der Waals surface area (Å²) >= 11 is 0. The third kappa shape index (κ3) is 3.49. The first-order valence-corrected chi connectivity index (χ1v) is 6.07. The normalized spacial score (nSPS) is 9.53. The predicted molar refractivity (Wildman–Crippen MR) is 77.7 cm³/mol. The summed E-state index contributed by atoms with van der Waals surface area (Å²) in [5, 5.41) is 8.99. The number of hydrogen-bond acceptors (Lipinski definition) is 2. The largest absolute Gasteiger partial charge is 0.504 e. The highest BCUT2D eigenvalue weighted by molar-refractivity contribution is 5.65. The van der Waals surface area contributed by atoms with Crippen LogP contribution in [0.15, 0.2) is 72.8 Å². The molecule has 0 saturated carbocycles. The van der Waals surface area contributed by atoms with Crippen LogP contribution in [0.25, 0.3) is 11.1 Å². The van der Waals surface area contributed by atoms with Crippen molar-refractivity contribution in [3.05, 3.63) is 72.8 Å². The van der Waals surface area contributed by atoms with Crippen LogP contribution in [-0.4, -0.2) is 12.2 Å². The molecule has 0 fully saturated rings. The Labute approximate surface area is 113 Å². The summed E-state index contributed by atoms with van der Waals surface area (Å²) in [6.07, 6.45) is 0. The maximum atomic E-state index is 8.99. The molecule has 2 nitrogen and oxygen atoms in total. The second-order valence-corrected chi connectivity index (χ2v) is 4.02. The molecule has 0 aliphatic heterocycles. The number of methoxy groups -OCH3 is 1. The maximum Gasteiger partial charge on any atom is 0.160 e. The standard InChI is InChI=1S/C10H8.C7H8O2/c1-2-5-9-7-4-8-10(9)6-3-1;1-9-7-5-3-2-4-6(7)8/h1-8H;2-5,8H,1H3. The molecule has 0 saturated heterocycles. The minimum atomic E-state index is 0.181. The molecule has 0 heterocycles. The number of fused-ring (bicyclic) bond motifs is 1. The molecular formula is C17H16O2. The molecule has 3 rings (SSSR count). The van der Waals surface area contributed by atoms with E-state index in [0.717, 1.165) is 0 Å². The number of phenols is 1. The molecule has 2 aliphatic rings. The number of phenolic OH excluding ortho intramolecular Hbond substituents is 1. The zero-order valence-electron chi connectivity index (χ0n) is 10.8. The molecule has 0 amide bonds. The van der Waals surface area contributed by atoms with Crippen LogP contribution in [0.5, 0.6) is 11.5 Å². The van der Waals surface area contributed by atoms with Crippen molar-refractivity contribution in [3.8, 4) is 22.6 Å². The van der Waals surface area contributed by atoms with Crippen molar-refractivity contribution in [2.75, 3.05) is 7.11 Å². The van der Waals surface area contributed by atoms with Crippen LogP contribution in [0.3, 0.4) is 0 Å². The number of hydrogen-bond donors (Lipinski definition) is 1. The van der Waals surface area contributed by atoms with Crippen molar-refractivity contribution in [2.45, 2.75) is 0 Å². The molecule has 0 bridgehead atoms. The minimum Gasteiger partial charge on any atom is -0.504 e. The lowest BCUT2D eigenvalue weighted by Crippen LogP contribution is -1.80. The highest BCUT2D eigenvalue weighted by Gasteiger charge is 1.95. The average Bonchev–Trinajstić information content (AvgIpc) is 2.77. The third-order valence-electron chi connectivity index (χ3n) is 2.74. The second-order valence-electron chi connectivity index (χ2n) is 4.02. The molecule has 19 heavy (non-hydrogen) atoms. The molecule has 2 heteroatoms. The SMILES string of the molecule is COc1ccccc1O.c1ccc2cccc-2cc1. The quantitative estimate of drug-likeness (QED) is 0.703.